The van der Waals surface area contributed by atoms with E-state index in [0.717, 1.165) is 0 Å². The summed E-state index contributed by atoms with van der Waals surface area (Å²) in [7, 11) is 0. The fourth-order valence-electron chi connectivity index (χ4n) is 1.27. The van der Waals surface area contributed by atoms with Gasteiger partial charge in [-0.15, -0.1) is 0 Å². The first-order chi connectivity index (χ1) is 8.02. The molecule has 0 aliphatic rings. The molecule has 0 aliphatic carbocycles. The summed E-state index contributed by atoms with van der Waals surface area (Å²) in [4.78, 5) is 10.9. The third-order valence-corrected chi connectivity index (χ3v) is 1.93. The van der Waals surface area contributed by atoms with Crippen LogP contribution < -0.4 is 10.5 Å². The third-order valence-electron chi connectivity index (χ3n) is 1.93. The topological polar surface area (TPSA) is 76.1 Å². The van der Waals surface area contributed by atoms with Crippen molar-refractivity contribution in [1.29, 1.82) is 5.26 Å². The number of nitriles is 1. The highest BCUT2D eigenvalue weighted by Crippen LogP contribution is 2.17. The lowest BCUT2D eigenvalue weighted by atomic mass is 10.1. The average molecular weight is 230 g/mol. The van der Waals surface area contributed by atoms with Crippen molar-refractivity contribution in [2.45, 2.75) is 20.0 Å². The molecular formula is C13H14N2O2. The van der Waals surface area contributed by atoms with Gasteiger partial charge >= 0.3 is 0 Å². The lowest BCUT2D eigenvalue weighted by Gasteiger charge is -2.09. The van der Waals surface area contributed by atoms with Crippen molar-refractivity contribution in [3.05, 3.63) is 35.4 Å². The highest BCUT2D eigenvalue weighted by Gasteiger charge is 2.04. The van der Waals surface area contributed by atoms with Gasteiger partial charge in [0.15, 0.2) is 0 Å². The molecule has 0 spiro atoms. The van der Waals surface area contributed by atoms with E-state index in [2.05, 4.69) is 0 Å². The lowest BCUT2D eigenvalue weighted by molar-refractivity contribution is -0.114. The van der Waals surface area contributed by atoms with Crippen LogP contribution in [0.1, 0.15) is 19.4 Å². The van der Waals surface area contributed by atoms with Crippen LogP contribution in [0.3, 0.4) is 0 Å². The van der Waals surface area contributed by atoms with E-state index >= 15 is 0 Å². The number of hydrogen-bond donors (Lipinski definition) is 1. The van der Waals surface area contributed by atoms with Crippen LogP contribution in [0.15, 0.2) is 29.8 Å². The smallest absolute Gasteiger partial charge is 0.259 e. The molecule has 0 aromatic heterocycles. The number of primary amides is 1. The first kappa shape index (κ1) is 12.8. The van der Waals surface area contributed by atoms with Crippen LogP contribution in [-0.4, -0.2) is 12.0 Å². The number of carbonyl (C=O) groups is 1. The van der Waals surface area contributed by atoms with Crippen LogP contribution in [0.4, 0.5) is 0 Å². The van der Waals surface area contributed by atoms with Crippen molar-refractivity contribution >= 4 is 12.0 Å². The fraction of sp³-hybridized carbons (Fsp3) is 0.231. The summed E-state index contributed by atoms with van der Waals surface area (Å²) in [6, 6.07) is 8.88. The highest BCUT2D eigenvalue weighted by atomic mass is 16.5. The molecule has 0 radical (unpaired) electrons. The minimum Gasteiger partial charge on any atom is -0.491 e. The van der Waals surface area contributed by atoms with Gasteiger partial charge in [-0.3, -0.25) is 4.79 Å². The second-order valence-electron chi connectivity index (χ2n) is 3.77. The van der Waals surface area contributed by atoms with Crippen molar-refractivity contribution in [1.82, 2.24) is 0 Å². The molecule has 4 heteroatoms. The summed E-state index contributed by atoms with van der Waals surface area (Å²) >= 11 is 0. The van der Waals surface area contributed by atoms with E-state index in [4.69, 9.17) is 15.7 Å². The first-order valence-electron chi connectivity index (χ1n) is 5.21. The van der Waals surface area contributed by atoms with Crippen molar-refractivity contribution in [2.75, 3.05) is 0 Å². The quantitative estimate of drug-likeness (QED) is 0.633. The maximum atomic E-state index is 10.9. The SMILES string of the molecule is CC(C)Oc1cccc(C=C(C#N)C(N)=O)c1. The van der Waals surface area contributed by atoms with Crippen molar-refractivity contribution in [2.24, 2.45) is 5.73 Å². The summed E-state index contributed by atoms with van der Waals surface area (Å²) in [5.74, 6) is -0.0433. The molecule has 1 rings (SSSR count). The Balaban J connectivity index is 3.00. The third kappa shape index (κ3) is 3.99. The van der Waals surface area contributed by atoms with Crippen LogP contribution in [-0.2, 0) is 4.79 Å². The van der Waals surface area contributed by atoms with Gasteiger partial charge in [0.05, 0.1) is 6.10 Å². The number of hydrogen-bond acceptors (Lipinski definition) is 3. The molecular weight excluding hydrogens is 216 g/mol. The van der Waals surface area contributed by atoms with E-state index in [9.17, 15) is 4.79 Å². The standard InChI is InChI=1S/C13H14N2O2/c1-9(2)17-12-5-3-4-10(7-12)6-11(8-14)13(15)16/h3-7,9H,1-2H3,(H2,15,16). The summed E-state index contributed by atoms with van der Waals surface area (Å²) in [5, 5.41) is 8.72. The highest BCUT2D eigenvalue weighted by molar-refractivity contribution is 6.00. The Bertz CT molecular complexity index is 484. The molecule has 1 aromatic carbocycles. The number of ether oxygens (including phenoxy) is 1. The fourth-order valence-corrected chi connectivity index (χ4v) is 1.27. The van der Waals surface area contributed by atoms with Gasteiger partial charge in [-0.2, -0.15) is 5.26 Å². The number of rotatable bonds is 4. The van der Waals surface area contributed by atoms with Crippen molar-refractivity contribution in [3.63, 3.8) is 0 Å². The Kier molecular flexibility index (Phi) is 4.29. The Morgan fingerprint density at radius 3 is 2.76 bits per heavy atom. The number of carbonyl (C=O) groups excluding carboxylic acids is 1. The molecule has 0 bridgehead atoms. The maximum Gasteiger partial charge on any atom is 0.259 e. The van der Waals surface area contributed by atoms with E-state index < -0.39 is 5.91 Å². The van der Waals surface area contributed by atoms with E-state index in [1.807, 2.05) is 19.9 Å². The molecule has 17 heavy (non-hydrogen) atoms. The molecule has 0 saturated heterocycles. The second-order valence-corrected chi connectivity index (χ2v) is 3.77. The summed E-state index contributed by atoms with van der Waals surface area (Å²) < 4.78 is 5.50. The molecule has 0 saturated carbocycles. The Labute approximate surface area is 100 Å². The first-order valence-corrected chi connectivity index (χ1v) is 5.21. The molecule has 1 amide bonds. The van der Waals surface area contributed by atoms with Crippen molar-refractivity contribution < 1.29 is 9.53 Å². The van der Waals surface area contributed by atoms with Gasteiger partial charge in [-0.1, -0.05) is 12.1 Å². The lowest BCUT2D eigenvalue weighted by Crippen LogP contribution is -2.12. The predicted molar refractivity (Wildman–Crippen MR) is 65.0 cm³/mol. The van der Waals surface area contributed by atoms with Gasteiger partial charge < -0.3 is 10.5 Å². The molecule has 4 nitrogen and oxygen atoms in total. The zero-order chi connectivity index (χ0) is 12.8. The molecule has 1 aromatic rings. The minimum absolute atomic E-state index is 0.0702. The second kappa shape index (κ2) is 5.71. The maximum absolute atomic E-state index is 10.9. The van der Waals surface area contributed by atoms with Gasteiger partial charge in [-0.25, -0.2) is 0 Å². The Hall–Kier alpha value is -2.28. The van der Waals surface area contributed by atoms with E-state index in [1.54, 1.807) is 24.3 Å². The molecule has 0 aliphatic heterocycles. The normalized spacial score (nSPS) is 11.1. The molecule has 2 N–H and O–H groups in total. The monoisotopic (exact) mass is 230 g/mol. The number of nitrogens with zero attached hydrogens (tertiary/aromatic N) is 1. The van der Waals surface area contributed by atoms with E-state index in [-0.39, 0.29) is 11.7 Å². The van der Waals surface area contributed by atoms with E-state index in [1.165, 1.54) is 6.08 Å². The van der Waals surface area contributed by atoms with Gasteiger partial charge in [0.2, 0.25) is 0 Å². The van der Waals surface area contributed by atoms with Crippen LogP contribution in [0.2, 0.25) is 0 Å². The van der Waals surface area contributed by atoms with Crippen LogP contribution >= 0.6 is 0 Å². The summed E-state index contributed by atoms with van der Waals surface area (Å²) in [6.07, 6.45) is 1.51. The predicted octanol–water partition coefficient (Wildman–Crippen LogP) is 1.87. The van der Waals surface area contributed by atoms with Gasteiger partial charge in [0.25, 0.3) is 5.91 Å². The molecule has 88 valence electrons. The van der Waals surface area contributed by atoms with Gasteiger partial charge in [-0.05, 0) is 37.6 Å². The minimum atomic E-state index is -0.734. The van der Waals surface area contributed by atoms with E-state index in [0.29, 0.717) is 11.3 Å². The molecule has 0 atom stereocenters. The zero-order valence-corrected chi connectivity index (χ0v) is 9.81. The zero-order valence-electron chi connectivity index (χ0n) is 9.81. The summed E-state index contributed by atoms with van der Waals surface area (Å²) in [5.41, 5.74) is 5.68. The molecule has 0 unspecified atom stereocenters. The van der Waals surface area contributed by atoms with Gasteiger partial charge in [0, 0.05) is 0 Å². The molecule has 0 heterocycles. The van der Waals surface area contributed by atoms with Crippen molar-refractivity contribution in [3.8, 4) is 11.8 Å². The van der Waals surface area contributed by atoms with Crippen LogP contribution in [0, 0.1) is 11.3 Å². The Morgan fingerprint density at radius 1 is 1.53 bits per heavy atom. The summed E-state index contributed by atoms with van der Waals surface area (Å²) in [6.45, 7) is 3.85. The van der Waals surface area contributed by atoms with Crippen LogP contribution in [0.25, 0.3) is 6.08 Å². The number of benzene rings is 1. The largest absolute Gasteiger partial charge is 0.491 e. The number of nitrogens with two attached hydrogens (primary N) is 1. The van der Waals surface area contributed by atoms with Crippen LogP contribution in [0.5, 0.6) is 5.75 Å². The molecule has 0 fully saturated rings. The Morgan fingerprint density at radius 2 is 2.24 bits per heavy atom. The number of amides is 1. The van der Waals surface area contributed by atoms with Gasteiger partial charge in [0.1, 0.15) is 17.4 Å². The average Bonchev–Trinajstić information content (AvgIpc) is 2.25.